The van der Waals surface area contributed by atoms with Crippen LogP contribution in [0.4, 0.5) is 0 Å². The number of cyclic esters (lactones) is 1. The molecule has 0 aliphatic carbocycles. The second-order valence-corrected chi connectivity index (χ2v) is 6.00. The summed E-state index contributed by atoms with van der Waals surface area (Å²) in [6, 6.07) is 18.4. The summed E-state index contributed by atoms with van der Waals surface area (Å²) in [5, 5.41) is 0. The second kappa shape index (κ2) is 7.94. The Kier molecular flexibility index (Phi) is 5.46. The Bertz CT molecular complexity index is 713. The molecule has 0 bridgehead atoms. The standard InChI is InChI=1S/C20H20O5/c1-14-18(25-20(22)16-10-6-3-7-11-16)17(24-19(14)21)13-23-12-15-8-4-2-5-9-15/h2-11,14,17-18H,12-13H2,1H3/t14-,17+,18-/m0/s1. The molecular weight excluding hydrogens is 320 g/mol. The molecule has 5 nitrogen and oxygen atoms in total. The van der Waals surface area contributed by atoms with Crippen LogP contribution in [0, 0.1) is 5.92 Å². The third kappa shape index (κ3) is 4.25. The zero-order valence-corrected chi connectivity index (χ0v) is 14.0. The van der Waals surface area contributed by atoms with Crippen LogP contribution in [0.25, 0.3) is 0 Å². The van der Waals surface area contributed by atoms with E-state index in [1.54, 1.807) is 31.2 Å². The summed E-state index contributed by atoms with van der Waals surface area (Å²) >= 11 is 0. The van der Waals surface area contributed by atoms with Crippen molar-refractivity contribution in [3.8, 4) is 0 Å². The maximum Gasteiger partial charge on any atom is 0.338 e. The van der Waals surface area contributed by atoms with E-state index >= 15 is 0 Å². The van der Waals surface area contributed by atoms with Crippen molar-refractivity contribution >= 4 is 11.9 Å². The Morgan fingerprint density at radius 2 is 1.68 bits per heavy atom. The molecule has 2 aromatic carbocycles. The highest BCUT2D eigenvalue weighted by molar-refractivity contribution is 5.90. The van der Waals surface area contributed by atoms with E-state index in [1.807, 2.05) is 36.4 Å². The van der Waals surface area contributed by atoms with Gasteiger partial charge in [0.1, 0.15) is 0 Å². The molecule has 0 radical (unpaired) electrons. The van der Waals surface area contributed by atoms with Crippen LogP contribution in [0.1, 0.15) is 22.8 Å². The predicted molar refractivity (Wildman–Crippen MR) is 90.8 cm³/mol. The average Bonchev–Trinajstić information content (AvgIpc) is 2.91. The number of carbonyl (C=O) groups is 2. The number of hydrogen-bond acceptors (Lipinski definition) is 5. The molecular formula is C20H20O5. The lowest BCUT2D eigenvalue weighted by atomic mass is 10.0. The smallest absolute Gasteiger partial charge is 0.338 e. The van der Waals surface area contributed by atoms with Gasteiger partial charge < -0.3 is 14.2 Å². The van der Waals surface area contributed by atoms with E-state index in [1.165, 1.54) is 0 Å². The third-order valence-electron chi connectivity index (χ3n) is 4.14. The van der Waals surface area contributed by atoms with Gasteiger partial charge in [-0.05, 0) is 24.6 Å². The zero-order valence-electron chi connectivity index (χ0n) is 14.0. The van der Waals surface area contributed by atoms with Crippen LogP contribution in [0.15, 0.2) is 60.7 Å². The number of ether oxygens (including phenoxy) is 3. The number of hydrogen-bond donors (Lipinski definition) is 0. The fraction of sp³-hybridized carbons (Fsp3) is 0.300. The van der Waals surface area contributed by atoms with E-state index < -0.39 is 24.1 Å². The summed E-state index contributed by atoms with van der Waals surface area (Å²) in [6.45, 7) is 2.28. The Balaban J connectivity index is 1.59. The molecule has 0 aromatic heterocycles. The molecule has 2 aromatic rings. The molecule has 1 aliphatic heterocycles. The van der Waals surface area contributed by atoms with Crippen molar-refractivity contribution in [3.63, 3.8) is 0 Å². The summed E-state index contributed by atoms with van der Waals surface area (Å²) in [5.74, 6) is -1.36. The van der Waals surface area contributed by atoms with Gasteiger partial charge in [-0.25, -0.2) is 4.79 Å². The first-order valence-corrected chi connectivity index (χ1v) is 8.23. The first-order chi connectivity index (χ1) is 12.1. The van der Waals surface area contributed by atoms with Crippen molar-refractivity contribution < 1.29 is 23.8 Å². The molecule has 25 heavy (non-hydrogen) atoms. The molecule has 3 atom stereocenters. The van der Waals surface area contributed by atoms with Gasteiger partial charge in [-0.2, -0.15) is 0 Å². The van der Waals surface area contributed by atoms with Gasteiger partial charge in [0.2, 0.25) is 0 Å². The minimum atomic E-state index is -0.657. The fourth-order valence-electron chi connectivity index (χ4n) is 2.72. The van der Waals surface area contributed by atoms with E-state index in [9.17, 15) is 9.59 Å². The molecule has 0 N–H and O–H groups in total. The van der Waals surface area contributed by atoms with Gasteiger partial charge in [0.05, 0.1) is 24.7 Å². The maximum absolute atomic E-state index is 12.3. The zero-order chi connectivity index (χ0) is 17.6. The van der Waals surface area contributed by atoms with Crippen LogP contribution in [0.2, 0.25) is 0 Å². The number of carbonyl (C=O) groups excluding carboxylic acids is 2. The van der Waals surface area contributed by atoms with Crippen LogP contribution in [0.5, 0.6) is 0 Å². The van der Waals surface area contributed by atoms with Crippen molar-refractivity contribution in [2.24, 2.45) is 5.92 Å². The van der Waals surface area contributed by atoms with Gasteiger partial charge >= 0.3 is 11.9 Å². The van der Waals surface area contributed by atoms with Crippen molar-refractivity contribution in [1.82, 2.24) is 0 Å². The van der Waals surface area contributed by atoms with E-state index in [2.05, 4.69) is 0 Å². The normalized spacial score (nSPS) is 22.4. The molecule has 3 rings (SSSR count). The van der Waals surface area contributed by atoms with Gasteiger partial charge in [-0.3, -0.25) is 4.79 Å². The molecule has 0 amide bonds. The molecule has 0 unspecified atom stereocenters. The van der Waals surface area contributed by atoms with Gasteiger partial charge in [-0.1, -0.05) is 48.5 Å². The molecule has 1 fully saturated rings. The van der Waals surface area contributed by atoms with Gasteiger partial charge in [0, 0.05) is 0 Å². The monoisotopic (exact) mass is 340 g/mol. The van der Waals surface area contributed by atoms with Crippen LogP contribution >= 0.6 is 0 Å². The first kappa shape index (κ1) is 17.2. The predicted octanol–water partition coefficient (Wildman–Crippen LogP) is 2.99. The summed E-state index contributed by atoms with van der Waals surface area (Å²) in [7, 11) is 0. The van der Waals surface area contributed by atoms with E-state index in [4.69, 9.17) is 14.2 Å². The molecule has 0 spiro atoms. The summed E-state index contributed by atoms with van der Waals surface area (Å²) in [5.41, 5.74) is 1.47. The maximum atomic E-state index is 12.3. The van der Waals surface area contributed by atoms with Crippen molar-refractivity contribution in [1.29, 1.82) is 0 Å². The third-order valence-corrected chi connectivity index (χ3v) is 4.14. The van der Waals surface area contributed by atoms with Crippen LogP contribution < -0.4 is 0 Å². The van der Waals surface area contributed by atoms with E-state index in [0.717, 1.165) is 5.56 Å². The molecule has 1 saturated heterocycles. The fourth-order valence-corrected chi connectivity index (χ4v) is 2.72. The van der Waals surface area contributed by atoms with Crippen molar-refractivity contribution in [2.45, 2.75) is 25.7 Å². The lowest BCUT2D eigenvalue weighted by Gasteiger charge is -2.20. The van der Waals surface area contributed by atoms with E-state index in [0.29, 0.717) is 12.2 Å². The van der Waals surface area contributed by atoms with Crippen molar-refractivity contribution in [2.75, 3.05) is 6.61 Å². The number of rotatable bonds is 6. The topological polar surface area (TPSA) is 61.8 Å². The highest BCUT2D eigenvalue weighted by Gasteiger charge is 2.44. The summed E-state index contributed by atoms with van der Waals surface area (Å²) in [6.07, 6.45) is -1.25. The van der Waals surface area contributed by atoms with Crippen molar-refractivity contribution in [3.05, 3.63) is 71.8 Å². The Morgan fingerprint density at radius 3 is 2.36 bits per heavy atom. The summed E-state index contributed by atoms with van der Waals surface area (Å²) in [4.78, 5) is 24.1. The quantitative estimate of drug-likeness (QED) is 0.757. The Hall–Kier alpha value is -2.66. The first-order valence-electron chi connectivity index (χ1n) is 8.23. The van der Waals surface area contributed by atoms with Crippen LogP contribution in [0.3, 0.4) is 0 Å². The second-order valence-electron chi connectivity index (χ2n) is 6.00. The lowest BCUT2D eigenvalue weighted by Crippen LogP contribution is -2.34. The number of esters is 2. The van der Waals surface area contributed by atoms with Gasteiger partial charge in [0.25, 0.3) is 0 Å². The Morgan fingerprint density at radius 1 is 1.04 bits per heavy atom. The minimum Gasteiger partial charge on any atom is -0.456 e. The number of benzene rings is 2. The molecule has 1 aliphatic rings. The van der Waals surface area contributed by atoms with Gasteiger partial charge in [-0.15, -0.1) is 0 Å². The summed E-state index contributed by atoms with van der Waals surface area (Å²) < 4.78 is 16.5. The Labute approximate surface area is 146 Å². The highest BCUT2D eigenvalue weighted by atomic mass is 16.6. The molecule has 5 heteroatoms. The van der Waals surface area contributed by atoms with Crippen LogP contribution in [-0.4, -0.2) is 30.8 Å². The van der Waals surface area contributed by atoms with E-state index in [-0.39, 0.29) is 12.6 Å². The molecule has 1 heterocycles. The minimum absolute atomic E-state index is 0.178. The SMILES string of the molecule is C[C@@H]1C(=O)O[C@H](COCc2ccccc2)[C@H]1OC(=O)c1ccccc1. The van der Waals surface area contributed by atoms with Crippen LogP contribution in [-0.2, 0) is 25.6 Å². The molecule has 130 valence electrons. The lowest BCUT2D eigenvalue weighted by molar-refractivity contribution is -0.146. The largest absolute Gasteiger partial charge is 0.456 e. The van der Waals surface area contributed by atoms with Gasteiger partial charge in [0.15, 0.2) is 12.2 Å². The molecule has 0 saturated carbocycles. The highest BCUT2D eigenvalue weighted by Crippen LogP contribution is 2.26. The average molecular weight is 340 g/mol.